The smallest absolute Gasteiger partial charge is 0.273 e. The van der Waals surface area contributed by atoms with E-state index in [1.807, 2.05) is 6.92 Å². The van der Waals surface area contributed by atoms with E-state index in [1.54, 1.807) is 19.2 Å². The molecule has 0 bridgehead atoms. The Bertz CT molecular complexity index is 901. The predicted octanol–water partition coefficient (Wildman–Crippen LogP) is 2.85. The van der Waals surface area contributed by atoms with Crippen LogP contribution in [-0.4, -0.2) is 32.4 Å². The molecule has 0 aliphatic carbocycles. The number of rotatable bonds is 5. The highest BCUT2D eigenvalue weighted by Crippen LogP contribution is 2.25. The Morgan fingerprint density at radius 2 is 2.21 bits per heavy atom. The van der Waals surface area contributed by atoms with Crippen molar-refractivity contribution in [3.8, 4) is 0 Å². The van der Waals surface area contributed by atoms with Crippen molar-refractivity contribution in [2.24, 2.45) is 0 Å². The number of carbonyl (C=O) groups is 1. The van der Waals surface area contributed by atoms with E-state index >= 15 is 0 Å². The van der Waals surface area contributed by atoms with Gasteiger partial charge in [0.05, 0.1) is 17.3 Å². The van der Waals surface area contributed by atoms with Gasteiger partial charge in [-0.05, 0) is 38.0 Å². The van der Waals surface area contributed by atoms with Crippen LogP contribution in [-0.2, 0) is 13.0 Å². The van der Waals surface area contributed by atoms with Crippen molar-refractivity contribution in [1.29, 1.82) is 0 Å². The Hall–Kier alpha value is -2.41. The van der Waals surface area contributed by atoms with Crippen LogP contribution in [0.25, 0.3) is 10.9 Å². The zero-order valence-corrected chi connectivity index (χ0v) is 14.1. The first-order chi connectivity index (χ1) is 11.5. The van der Waals surface area contributed by atoms with Crippen molar-refractivity contribution in [2.75, 3.05) is 6.54 Å². The summed E-state index contributed by atoms with van der Waals surface area (Å²) >= 11 is 5.84. The lowest BCUT2D eigenvalue weighted by molar-refractivity contribution is 0.0947. The summed E-state index contributed by atoms with van der Waals surface area (Å²) in [6, 6.07) is 2.96. The number of H-pyrrole nitrogens is 1. The zero-order chi connectivity index (χ0) is 17.3. The van der Waals surface area contributed by atoms with E-state index < -0.39 is 5.82 Å². The van der Waals surface area contributed by atoms with Crippen molar-refractivity contribution in [2.45, 2.75) is 26.8 Å². The summed E-state index contributed by atoms with van der Waals surface area (Å²) in [6.45, 7) is 4.70. The van der Waals surface area contributed by atoms with Gasteiger partial charge in [-0.25, -0.2) is 4.39 Å². The van der Waals surface area contributed by atoms with Gasteiger partial charge in [-0.15, -0.1) is 5.10 Å². The van der Waals surface area contributed by atoms with Crippen LogP contribution in [0.5, 0.6) is 0 Å². The van der Waals surface area contributed by atoms with Crippen molar-refractivity contribution in [3.05, 3.63) is 46.1 Å². The fraction of sp³-hybridized carbons (Fsp3) is 0.312. The highest BCUT2D eigenvalue weighted by molar-refractivity contribution is 6.31. The molecule has 0 fully saturated rings. The second-order valence-electron chi connectivity index (χ2n) is 5.45. The second-order valence-corrected chi connectivity index (χ2v) is 5.86. The predicted molar refractivity (Wildman–Crippen MR) is 89.7 cm³/mol. The number of carbonyl (C=O) groups excluding carboxylic acids is 1. The molecule has 1 amide bonds. The molecule has 0 radical (unpaired) electrons. The van der Waals surface area contributed by atoms with E-state index in [0.717, 1.165) is 10.9 Å². The number of aryl methyl sites for hydroxylation is 2. The molecule has 1 aromatic carbocycles. The van der Waals surface area contributed by atoms with Crippen LogP contribution in [0.4, 0.5) is 4.39 Å². The summed E-state index contributed by atoms with van der Waals surface area (Å²) in [5.74, 6) is -0.712. The van der Waals surface area contributed by atoms with Crippen LogP contribution in [0.2, 0.25) is 5.02 Å². The Kier molecular flexibility index (Phi) is 4.53. The third-order valence-corrected chi connectivity index (χ3v) is 4.10. The minimum absolute atomic E-state index is 0.0826. The van der Waals surface area contributed by atoms with Crippen LogP contribution in [0.1, 0.15) is 28.7 Å². The maximum atomic E-state index is 13.4. The number of aromatic nitrogens is 4. The molecular formula is C16H17ClFN5O. The Morgan fingerprint density at radius 3 is 2.92 bits per heavy atom. The molecule has 0 aliphatic rings. The Balaban J connectivity index is 1.67. The highest BCUT2D eigenvalue weighted by atomic mass is 35.5. The minimum Gasteiger partial charge on any atom is -0.361 e. The summed E-state index contributed by atoms with van der Waals surface area (Å²) in [5, 5.41) is 12.1. The second kappa shape index (κ2) is 6.60. The molecular weight excluding hydrogens is 333 g/mol. The van der Waals surface area contributed by atoms with Crippen LogP contribution in [0.3, 0.4) is 0 Å². The molecule has 2 aromatic heterocycles. The molecule has 0 spiro atoms. The van der Waals surface area contributed by atoms with Crippen LogP contribution >= 0.6 is 11.6 Å². The lowest BCUT2D eigenvalue weighted by Crippen LogP contribution is -2.26. The van der Waals surface area contributed by atoms with Gasteiger partial charge in [0.1, 0.15) is 5.82 Å². The molecule has 3 rings (SSSR count). The Morgan fingerprint density at radius 1 is 1.42 bits per heavy atom. The molecule has 0 atom stereocenters. The van der Waals surface area contributed by atoms with Gasteiger partial charge in [-0.2, -0.15) is 9.90 Å². The minimum atomic E-state index is -0.458. The van der Waals surface area contributed by atoms with E-state index in [2.05, 4.69) is 20.5 Å². The average Bonchev–Trinajstić information content (AvgIpc) is 3.11. The number of halogens is 2. The summed E-state index contributed by atoms with van der Waals surface area (Å²) in [6.07, 6.45) is 2.39. The quantitative estimate of drug-likeness (QED) is 0.743. The van der Waals surface area contributed by atoms with Gasteiger partial charge >= 0.3 is 0 Å². The van der Waals surface area contributed by atoms with Gasteiger partial charge in [-0.3, -0.25) is 4.79 Å². The number of nitrogens with zero attached hydrogens (tertiary/aromatic N) is 3. The fourth-order valence-corrected chi connectivity index (χ4v) is 2.72. The third-order valence-electron chi connectivity index (χ3n) is 3.81. The number of amides is 1. The van der Waals surface area contributed by atoms with Gasteiger partial charge in [-0.1, -0.05) is 11.6 Å². The molecule has 8 heteroatoms. The largest absolute Gasteiger partial charge is 0.361 e. The van der Waals surface area contributed by atoms with Crippen LogP contribution in [0, 0.1) is 12.7 Å². The van der Waals surface area contributed by atoms with E-state index in [4.69, 9.17) is 11.6 Å². The number of fused-ring (bicyclic) bond motifs is 1. The van der Waals surface area contributed by atoms with E-state index in [1.165, 1.54) is 10.9 Å². The van der Waals surface area contributed by atoms with Gasteiger partial charge in [0.15, 0.2) is 5.69 Å². The van der Waals surface area contributed by atoms with E-state index in [9.17, 15) is 9.18 Å². The molecule has 2 heterocycles. The topological polar surface area (TPSA) is 75.6 Å². The number of hydrogen-bond donors (Lipinski definition) is 2. The molecule has 0 unspecified atom stereocenters. The molecule has 126 valence electrons. The Labute approximate surface area is 143 Å². The molecule has 0 saturated heterocycles. The SMILES string of the molecule is CCn1nc(C)c(C(=O)NCCc2c[nH]c3cc(F)c(Cl)cc23)n1. The van der Waals surface area contributed by atoms with Crippen molar-refractivity contribution >= 4 is 28.4 Å². The number of aromatic amines is 1. The maximum absolute atomic E-state index is 13.4. The summed E-state index contributed by atoms with van der Waals surface area (Å²) in [4.78, 5) is 16.7. The van der Waals surface area contributed by atoms with Gasteiger partial charge < -0.3 is 10.3 Å². The number of benzene rings is 1. The lowest BCUT2D eigenvalue weighted by atomic mass is 10.1. The van der Waals surface area contributed by atoms with Crippen molar-refractivity contribution < 1.29 is 9.18 Å². The first-order valence-corrected chi connectivity index (χ1v) is 8.02. The standard InChI is InChI=1S/C16H17ClFN5O/c1-3-23-21-9(2)15(22-23)16(24)19-5-4-10-8-20-14-7-13(18)12(17)6-11(10)14/h6-8,20H,3-5H2,1-2H3,(H,19,24). The molecule has 0 saturated carbocycles. The molecule has 24 heavy (non-hydrogen) atoms. The average molecular weight is 350 g/mol. The van der Waals surface area contributed by atoms with Crippen molar-refractivity contribution in [1.82, 2.24) is 25.3 Å². The van der Waals surface area contributed by atoms with E-state index in [0.29, 0.717) is 36.4 Å². The first kappa shape index (κ1) is 16.4. The molecule has 2 N–H and O–H groups in total. The van der Waals surface area contributed by atoms with E-state index in [-0.39, 0.29) is 10.9 Å². The van der Waals surface area contributed by atoms with Crippen LogP contribution in [0.15, 0.2) is 18.3 Å². The summed E-state index contributed by atoms with van der Waals surface area (Å²) < 4.78 is 13.4. The first-order valence-electron chi connectivity index (χ1n) is 7.64. The van der Waals surface area contributed by atoms with Gasteiger partial charge in [0.25, 0.3) is 5.91 Å². The highest BCUT2D eigenvalue weighted by Gasteiger charge is 2.15. The monoisotopic (exact) mass is 349 g/mol. The normalized spacial score (nSPS) is 11.2. The summed E-state index contributed by atoms with van der Waals surface area (Å²) in [7, 11) is 0. The lowest BCUT2D eigenvalue weighted by Gasteiger charge is -2.03. The third kappa shape index (κ3) is 3.12. The van der Waals surface area contributed by atoms with Crippen molar-refractivity contribution in [3.63, 3.8) is 0 Å². The summed E-state index contributed by atoms with van der Waals surface area (Å²) in [5.41, 5.74) is 2.57. The van der Waals surface area contributed by atoms with Gasteiger partial charge in [0, 0.05) is 23.6 Å². The maximum Gasteiger partial charge on any atom is 0.273 e. The number of nitrogens with one attached hydrogen (secondary N) is 2. The van der Waals surface area contributed by atoms with Gasteiger partial charge in [0.2, 0.25) is 0 Å². The molecule has 6 nitrogen and oxygen atoms in total. The zero-order valence-electron chi connectivity index (χ0n) is 13.4. The molecule has 0 aliphatic heterocycles. The number of hydrogen-bond acceptors (Lipinski definition) is 3. The fourth-order valence-electron chi connectivity index (χ4n) is 2.56. The molecule has 3 aromatic rings. The van der Waals surface area contributed by atoms with Crippen LogP contribution < -0.4 is 5.32 Å².